The van der Waals surface area contributed by atoms with Crippen molar-refractivity contribution >= 4 is 17.4 Å². The number of aliphatic hydroxyl groups is 1. The molecule has 1 amide bonds. The molecule has 164 valence electrons. The van der Waals surface area contributed by atoms with Crippen LogP contribution < -0.4 is 0 Å². The number of rotatable bonds is 8. The van der Waals surface area contributed by atoms with Gasteiger partial charge in [0.1, 0.15) is 11.5 Å². The molecule has 31 heavy (non-hydrogen) atoms. The van der Waals surface area contributed by atoms with Crippen molar-refractivity contribution in [3.8, 4) is 5.75 Å². The molecule has 0 spiro atoms. The first-order valence-corrected chi connectivity index (χ1v) is 10.7. The first-order chi connectivity index (χ1) is 14.9. The summed E-state index contributed by atoms with van der Waals surface area (Å²) in [7, 11) is 0. The number of hydrogen-bond donors (Lipinski definition) is 2. The van der Waals surface area contributed by atoms with E-state index in [4.69, 9.17) is 0 Å². The van der Waals surface area contributed by atoms with E-state index in [1.807, 2.05) is 19.1 Å². The Morgan fingerprint density at radius 2 is 1.74 bits per heavy atom. The largest absolute Gasteiger partial charge is 0.508 e. The van der Waals surface area contributed by atoms with E-state index in [1.54, 1.807) is 24.3 Å². The predicted molar refractivity (Wildman–Crippen MR) is 121 cm³/mol. The molecule has 6 nitrogen and oxygen atoms in total. The minimum Gasteiger partial charge on any atom is -0.508 e. The fraction of sp³-hybridized carbons (Fsp3) is 0.360. The van der Waals surface area contributed by atoms with Gasteiger partial charge in [-0.2, -0.15) is 0 Å². The monoisotopic (exact) mass is 422 g/mol. The molecule has 0 saturated carbocycles. The molecule has 0 radical (unpaired) electrons. The van der Waals surface area contributed by atoms with E-state index in [9.17, 15) is 19.8 Å². The van der Waals surface area contributed by atoms with E-state index in [2.05, 4.69) is 18.7 Å². The van der Waals surface area contributed by atoms with Crippen LogP contribution in [0.5, 0.6) is 5.75 Å². The number of aryl methyl sites for hydroxylation is 1. The number of carbonyl (C=O) groups is 2. The molecule has 1 aliphatic rings. The first kappa shape index (κ1) is 22.6. The van der Waals surface area contributed by atoms with Crippen LogP contribution >= 0.6 is 0 Å². The smallest absolute Gasteiger partial charge is 0.295 e. The summed E-state index contributed by atoms with van der Waals surface area (Å²) in [5.41, 5.74) is 2.16. The van der Waals surface area contributed by atoms with Gasteiger partial charge >= 0.3 is 0 Å². The fourth-order valence-corrected chi connectivity index (χ4v) is 4.02. The van der Waals surface area contributed by atoms with Gasteiger partial charge in [0.15, 0.2) is 0 Å². The maximum atomic E-state index is 13.0. The third-order valence-electron chi connectivity index (χ3n) is 5.82. The van der Waals surface area contributed by atoms with E-state index in [0.29, 0.717) is 24.1 Å². The number of benzene rings is 2. The molecule has 0 aromatic heterocycles. The van der Waals surface area contributed by atoms with E-state index in [0.717, 1.165) is 25.2 Å². The Morgan fingerprint density at radius 3 is 2.35 bits per heavy atom. The van der Waals surface area contributed by atoms with Gasteiger partial charge in [-0.1, -0.05) is 55.8 Å². The maximum absolute atomic E-state index is 13.0. The van der Waals surface area contributed by atoms with Crippen molar-refractivity contribution in [2.24, 2.45) is 0 Å². The molecule has 6 heteroatoms. The average molecular weight is 423 g/mol. The van der Waals surface area contributed by atoms with Crippen molar-refractivity contribution in [2.45, 2.75) is 33.2 Å². The first-order valence-electron chi connectivity index (χ1n) is 10.7. The molecule has 2 aromatic rings. The summed E-state index contributed by atoms with van der Waals surface area (Å²) < 4.78 is 0. The molecular formula is C25H30N2O4. The van der Waals surface area contributed by atoms with Crippen LogP contribution in [-0.4, -0.2) is 57.9 Å². The molecule has 1 unspecified atom stereocenters. The topological polar surface area (TPSA) is 81.1 Å². The molecule has 1 heterocycles. The highest BCUT2D eigenvalue weighted by molar-refractivity contribution is 6.46. The van der Waals surface area contributed by atoms with E-state index >= 15 is 0 Å². The number of nitrogens with zero attached hydrogens (tertiary/aromatic N) is 2. The summed E-state index contributed by atoms with van der Waals surface area (Å²) in [5, 5.41) is 21.0. The third kappa shape index (κ3) is 4.80. The summed E-state index contributed by atoms with van der Waals surface area (Å²) in [5.74, 6) is -1.48. The van der Waals surface area contributed by atoms with Crippen molar-refractivity contribution in [1.82, 2.24) is 9.80 Å². The van der Waals surface area contributed by atoms with Gasteiger partial charge < -0.3 is 20.0 Å². The lowest BCUT2D eigenvalue weighted by Crippen LogP contribution is -2.33. The number of aliphatic hydroxyl groups excluding tert-OH is 1. The minimum atomic E-state index is -0.745. The molecule has 0 aliphatic carbocycles. The Hall–Kier alpha value is -3.12. The quantitative estimate of drug-likeness (QED) is 0.384. The van der Waals surface area contributed by atoms with E-state index < -0.39 is 17.7 Å². The standard InChI is InChI=1S/C25H30N2O4/c1-4-26(5-2)14-7-15-27-22(19-8-6-9-20(28)16-19)21(24(30)25(27)31)23(29)18-12-10-17(3)11-13-18/h6,8-13,16,22,28-29H,4-5,7,14-15H2,1-3H3/b23-21+. The number of carbonyl (C=O) groups excluding carboxylic acids is 2. The zero-order valence-corrected chi connectivity index (χ0v) is 18.3. The number of phenols is 1. The van der Waals surface area contributed by atoms with Crippen LogP contribution in [0.2, 0.25) is 0 Å². The molecule has 3 rings (SSSR count). The number of ketones is 1. The zero-order chi connectivity index (χ0) is 22.5. The van der Waals surface area contributed by atoms with Crippen molar-refractivity contribution < 1.29 is 19.8 Å². The summed E-state index contributed by atoms with van der Waals surface area (Å²) in [4.78, 5) is 29.7. The van der Waals surface area contributed by atoms with Gasteiger partial charge in [-0.05, 0) is 50.7 Å². The van der Waals surface area contributed by atoms with Crippen LogP contribution in [0.15, 0.2) is 54.1 Å². The lowest BCUT2D eigenvalue weighted by molar-refractivity contribution is -0.140. The molecule has 1 atom stereocenters. The molecule has 0 bridgehead atoms. The number of hydrogen-bond acceptors (Lipinski definition) is 5. The Bertz CT molecular complexity index is 977. The zero-order valence-electron chi connectivity index (χ0n) is 18.3. The SMILES string of the molecule is CCN(CC)CCCN1C(=O)C(=O)/C(=C(/O)c2ccc(C)cc2)C1c1cccc(O)c1. The average Bonchev–Trinajstić information content (AvgIpc) is 3.01. The number of Topliss-reactive ketones (excluding diaryl/α,β-unsaturated/α-hetero) is 1. The lowest BCUT2D eigenvalue weighted by atomic mass is 9.95. The molecule has 1 saturated heterocycles. The Labute approximate surface area is 183 Å². The third-order valence-corrected chi connectivity index (χ3v) is 5.82. The molecule has 2 aromatic carbocycles. The Morgan fingerprint density at radius 1 is 1.06 bits per heavy atom. The summed E-state index contributed by atoms with van der Waals surface area (Å²) in [6.45, 7) is 9.13. The second kappa shape index (κ2) is 9.79. The highest BCUT2D eigenvalue weighted by Gasteiger charge is 2.45. The van der Waals surface area contributed by atoms with Gasteiger partial charge in [-0.15, -0.1) is 0 Å². The molecule has 1 aliphatic heterocycles. The number of amides is 1. The predicted octanol–water partition coefficient (Wildman–Crippen LogP) is 3.85. The second-order valence-electron chi connectivity index (χ2n) is 7.83. The van der Waals surface area contributed by atoms with Crippen LogP contribution in [0.4, 0.5) is 0 Å². The van der Waals surface area contributed by atoms with Gasteiger partial charge in [0.25, 0.3) is 11.7 Å². The van der Waals surface area contributed by atoms with Crippen LogP contribution in [0.3, 0.4) is 0 Å². The maximum Gasteiger partial charge on any atom is 0.295 e. The Kier molecular flexibility index (Phi) is 7.13. The highest BCUT2D eigenvalue weighted by Crippen LogP contribution is 2.40. The van der Waals surface area contributed by atoms with Crippen LogP contribution in [-0.2, 0) is 9.59 Å². The number of aromatic hydroxyl groups is 1. The van der Waals surface area contributed by atoms with Crippen LogP contribution in [0, 0.1) is 6.92 Å². The van der Waals surface area contributed by atoms with Gasteiger partial charge in [0.2, 0.25) is 0 Å². The second-order valence-corrected chi connectivity index (χ2v) is 7.83. The molecular weight excluding hydrogens is 392 g/mol. The van der Waals surface area contributed by atoms with Crippen molar-refractivity contribution in [2.75, 3.05) is 26.2 Å². The van der Waals surface area contributed by atoms with E-state index in [1.165, 1.54) is 17.0 Å². The minimum absolute atomic E-state index is 0.0431. The normalized spacial score (nSPS) is 18.2. The van der Waals surface area contributed by atoms with Gasteiger partial charge in [0, 0.05) is 12.1 Å². The molecule has 1 fully saturated rings. The van der Waals surface area contributed by atoms with Crippen LogP contribution in [0.1, 0.15) is 43.0 Å². The highest BCUT2D eigenvalue weighted by atomic mass is 16.3. The van der Waals surface area contributed by atoms with Gasteiger partial charge in [-0.3, -0.25) is 9.59 Å². The number of likely N-dealkylation sites (tertiary alicyclic amines) is 1. The van der Waals surface area contributed by atoms with Crippen molar-refractivity contribution in [1.29, 1.82) is 0 Å². The Balaban J connectivity index is 2.02. The lowest BCUT2D eigenvalue weighted by Gasteiger charge is -2.27. The summed E-state index contributed by atoms with van der Waals surface area (Å²) >= 11 is 0. The number of phenolic OH excluding ortho intramolecular Hbond substituents is 1. The van der Waals surface area contributed by atoms with Crippen molar-refractivity contribution in [3.05, 3.63) is 70.8 Å². The van der Waals surface area contributed by atoms with Gasteiger partial charge in [-0.25, -0.2) is 0 Å². The van der Waals surface area contributed by atoms with Crippen LogP contribution in [0.25, 0.3) is 5.76 Å². The van der Waals surface area contributed by atoms with Gasteiger partial charge in [0.05, 0.1) is 11.6 Å². The summed E-state index contributed by atoms with van der Waals surface area (Å²) in [6.07, 6.45) is 0.703. The van der Waals surface area contributed by atoms with E-state index in [-0.39, 0.29) is 17.1 Å². The van der Waals surface area contributed by atoms with Crippen molar-refractivity contribution in [3.63, 3.8) is 0 Å². The molecule has 2 N–H and O–H groups in total. The summed E-state index contributed by atoms with van der Waals surface area (Å²) in [6, 6.07) is 12.9. The fourth-order valence-electron chi connectivity index (χ4n) is 4.02.